The molecule has 0 fully saturated rings. The molecule has 0 amide bonds. The topological polar surface area (TPSA) is 9.23 Å². The van der Waals surface area contributed by atoms with Gasteiger partial charge in [-0.25, -0.2) is 8.78 Å². The number of aryl methyl sites for hydroxylation is 1. The summed E-state index contributed by atoms with van der Waals surface area (Å²) in [5.41, 5.74) is 1.36. The van der Waals surface area contributed by atoms with Gasteiger partial charge in [0.2, 0.25) is 0 Å². The minimum Gasteiger partial charge on any atom is -0.496 e. The first-order valence-corrected chi connectivity index (χ1v) is 6.20. The van der Waals surface area contributed by atoms with Crippen molar-refractivity contribution in [3.05, 3.63) is 64.7 Å². The molecule has 0 N–H and O–H groups in total. The van der Waals surface area contributed by atoms with Crippen molar-refractivity contribution in [2.24, 2.45) is 0 Å². The Morgan fingerprint density at radius 3 is 2.47 bits per heavy atom. The van der Waals surface area contributed by atoms with Crippen molar-refractivity contribution in [3.63, 3.8) is 0 Å². The fraction of sp³-hybridized carbons (Fsp3) is 0.200. The van der Waals surface area contributed by atoms with Crippen LogP contribution in [0.3, 0.4) is 0 Å². The summed E-state index contributed by atoms with van der Waals surface area (Å²) < 4.78 is 32.3. The fourth-order valence-electron chi connectivity index (χ4n) is 1.93. The predicted molar refractivity (Wildman–Crippen MR) is 71.8 cm³/mol. The van der Waals surface area contributed by atoms with Crippen LogP contribution in [0, 0.1) is 18.6 Å². The maximum atomic E-state index is 13.9. The quantitative estimate of drug-likeness (QED) is 0.747. The number of hydrogen-bond donors (Lipinski definition) is 0. The molecule has 2 rings (SSSR count). The van der Waals surface area contributed by atoms with E-state index in [-0.39, 0.29) is 11.4 Å². The fourth-order valence-corrected chi connectivity index (χ4v) is 2.28. The number of methoxy groups -OCH3 is 1. The number of halogens is 3. The van der Waals surface area contributed by atoms with Crippen LogP contribution >= 0.6 is 11.6 Å². The first kappa shape index (κ1) is 13.8. The lowest BCUT2D eigenvalue weighted by molar-refractivity contribution is 0.405. The van der Waals surface area contributed by atoms with Crippen molar-refractivity contribution < 1.29 is 13.5 Å². The first-order valence-electron chi connectivity index (χ1n) is 5.77. The normalized spacial score (nSPS) is 12.3. The molecule has 0 aliphatic heterocycles. The van der Waals surface area contributed by atoms with Crippen LogP contribution < -0.4 is 4.74 Å². The molecule has 4 heteroatoms. The lowest BCUT2D eigenvalue weighted by Crippen LogP contribution is -2.01. The molecule has 19 heavy (non-hydrogen) atoms. The summed E-state index contributed by atoms with van der Waals surface area (Å²) in [5, 5.41) is -0.726. The molecular formula is C15H13ClF2O. The van der Waals surface area contributed by atoms with Gasteiger partial charge >= 0.3 is 0 Å². The van der Waals surface area contributed by atoms with E-state index in [4.69, 9.17) is 16.3 Å². The van der Waals surface area contributed by atoms with Gasteiger partial charge in [0, 0.05) is 0 Å². The van der Waals surface area contributed by atoms with Crippen LogP contribution in [0.4, 0.5) is 8.78 Å². The van der Waals surface area contributed by atoms with Gasteiger partial charge in [-0.15, -0.1) is 11.6 Å². The van der Waals surface area contributed by atoms with Gasteiger partial charge in [0.05, 0.1) is 18.1 Å². The molecule has 0 aliphatic carbocycles. The summed E-state index contributed by atoms with van der Waals surface area (Å²) in [4.78, 5) is 0. The van der Waals surface area contributed by atoms with E-state index in [0.29, 0.717) is 16.9 Å². The second kappa shape index (κ2) is 5.57. The van der Waals surface area contributed by atoms with Crippen molar-refractivity contribution in [2.45, 2.75) is 12.3 Å². The maximum Gasteiger partial charge on any atom is 0.131 e. The Morgan fingerprint density at radius 2 is 1.84 bits per heavy atom. The third kappa shape index (κ3) is 2.71. The van der Waals surface area contributed by atoms with Gasteiger partial charge in [0.1, 0.15) is 17.4 Å². The molecular weight excluding hydrogens is 270 g/mol. The summed E-state index contributed by atoms with van der Waals surface area (Å²) in [6.45, 7) is 1.64. The van der Waals surface area contributed by atoms with Crippen LogP contribution in [0.5, 0.6) is 5.75 Å². The van der Waals surface area contributed by atoms with Crippen molar-refractivity contribution in [1.82, 2.24) is 0 Å². The van der Waals surface area contributed by atoms with Gasteiger partial charge in [-0.1, -0.05) is 18.2 Å². The average Bonchev–Trinajstić information content (AvgIpc) is 2.40. The molecule has 2 aromatic carbocycles. The number of hydrogen-bond acceptors (Lipinski definition) is 1. The Labute approximate surface area is 115 Å². The molecule has 2 aromatic rings. The monoisotopic (exact) mass is 282 g/mol. The minimum absolute atomic E-state index is 0.262. The standard InChI is InChI=1S/C15H13ClF2O/c1-9-8-10(6-7-11(9)17)15(16)14-12(18)4-3-5-13(14)19-2/h3-8,15H,1-2H3. The third-order valence-electron chi connectivity index (χ3n) is 2.96. The SMILES string of the molecule is COc1cccc(F)c1C(Cl)c1ccc(F)c(C)c1. The Hall–Kier alpha value is -1.61. The van der Waals surface area contributed by atoms with Gasteiger partial charge in [-0.2, -0.15) is 0 Å². The van der Waals surface area contributed by atoms with Gasteiger partial charge in [-0.3, -0.25) is 0 Å². The van der Waals surface area contributed by atoms with Crippen LogP contribution in [0.15, 0.2) is 36.4 Å². The van der Waals surface area contributed by atoms with E-state index in [0.717, 1.165) is 0 Å². The van der Waals surface area contributed by atoms with Crippen LogP contribution in [0.25, 0.3) is 0 Å². The highest BCUT2D eigenvalue weighted by Gasteiger charge is 2.20. The van der Waals surface area contributed by atoms with Gasteiger partial charge < -0.3 is 4.74 Å². The lowest BCUT2D eigenvalue weighted by atomic mass is 10.0. The summed E-state index contributed by atoms with van der Waals surface area (Å²) in [6, 6.07) is 9.00. The minimum atomic E-state index is -0.726. The predicted octanol–water partition coefficient (Wildman–Crippen LogP) is 4.61. The molecule has 0 saturated heterocycles. The summed E-state index contributed by atoms with van der Waals surface area (Å²) >= 11 is 6.30. The molecule has 0 radical (unpaired) electrons. The Morgan fingerprint density at radius 1 is 1.11 bits per heavy atom. The molecule has 1 nitrogen and oxygen atoms in total. The molecule has 1 unspecified atom stereocenters. The van der Waals surface area contributed by atoms with E-state index >= 15 is 0 Å². The lowest BCUT2D eigenvalue weighted by Gasteiger charge is -2.15. The van der Waals surface area contributed by atoms with Crippen molar-refractivity contribution in [1.29, 1.82) is 0 Å². The van der Waals surface area contributed by atoms with Gasteiger partial charge in [0.25, 0.3) is 0 Å². The molecule has 0 aromatic heterocycles. The largest absolute Gasteiger partial charge is 0.496 e. The molecule has 1 atom stereocenters. The Kier molecular flexibility index (Phi) is 4.05. The van der Waals surface area contributed by atoms with E-state index in [2.05, 4.69) is 0 Å². The van der Waals surface area contributed by atoms with Gasteiger partial charge in [-0.05, 0) is 36.2 Å². The second-order valence-electron chi connectivity index (χ2n) is 4.23. The number of ether oxygens (including phenoxy) is 1. The Bertz CT molecular complexity index is 599. The van der Waals surface area contributed by atoms with E-state index < -0.39 is 11.2 Å². The van der Waals surface area contributed by atoms with Crippen LogP contribution in [0.2, 0.25) is 0 Å². The molecule has 100 valence electrons. The molecule has 0 saturated carbocycles. The first-order chi connectivity index (χ1) is 9.04. The molecule has 0 heterocycles. The molecule has 0 bridgehead atoms. The Balaban J connectivity index is 2.49. The zero-order valence-corrected chi connectivity index (χ0v) is 11.3. The number of alkyl halides is 1. The van der Waals surface area contributed by atoms with E-state index in [1.807, 2.05) is 0 Å². The smallest absolute Gasteiger partial charge is 0.131 e. The third-order valence-corrected chi connectivity index (χ3v) is 3.43. The highest BCUT2D eigenvalue weighted by Crippen LogP contribution is 2.37. The van der Waals surface area contributed by atoms with Crippen LogP contribution in [0.1, 0.15) is 22.1 Å². The highest BCUT2D eigenvalue weighted by molar-refractivity contribution is 6.22. The number of benzene rings is 2. The summed E-state index contributed by atoms with van der Waals surface area (Å²) in [6.07, 6.45) is 0. The average molecular weight is 283 g/mol. The van der Waals surface area contributed by atoms with Crippen LogP contribution in [-0.4, -0.2) is 7.11 Å². The maximum absolute atomic E-state index is 13.9. The van der Waals surface area contributed by atoms with Crippen LogP contribution in [-0.2, 0) is 0 Å². The van der Waals surface area contributed by atoms with E-state index in [9.17, 15) is 8.78 Å². The van der Waals surface area contributed by atoms with Crippen molar-refractivity contribution in [2.75, 3.05) is 7.11 Å². The van der Waals surface area contributed by atoms with E-state index in [1.54, 1.807) is 31.2 Å². The zero-order chi connectivity index (χ0) is 14.0. The van der Waals surface area contributed by atoms with Crippen molar-refractivity contribution >= 4 is 11.6 Å². The summed E-state index contributed by atoms with van der Waals surface area (Å²) in [7, 11) is 1.46. The highest BCUT2D eigenvalue weighted by atomic mass is 35.5. The molecule has 0 aliphatic rings. The van der Waals surface area contributed by atoms with Crippen molar-refractivity contribution in [3.8, 4) is 5.75 Å². The summed E-state index contributed by atoms with van der Waals surface area (Å²) in [5.74, 6) is -0.378. The second-order valence-corrected chi connectivity index (χ2v) is 4.66. The molecule has 0 spiro atoms. The van der Waals surface area contributed by atoms with Gasteiger partial charge in [0.15, 0.2) is 0 Å². The van der Waals surface area contributed by atoms with E-state index in [1.165, 1.54) is 19.2 Å². The number of rotatable bonds is 3. The zero-order valence-electron chi connectivity index (χ0n) is 10.6.